The molecule has 1 aliphatic heterocycles. The molecule has 0 bridgehead atoms. The van der Waals surface area contributed by atoms with Crippen LogP contribution in [0.5, 0.6) is 11.5 Å². The van der Waals surface area contributed by atoms with E-state index in [1.54, 1.807) is 0 Å². The first-order chi connectivity index (χ1) is 8.72. The third-order valence-electron chi connectivity index (χ3n) is 3.59. The number of fused-ring (bicyclic) bond motifs is 1. The van der Waals surface area contributed by atoms with Crippen molar-refractivity contribution in [1.82, 2.24) is 0 Å². The van der Waals surface area contributed by atoms with Crippen LogP contribution in [0, 0.1) is 0 Å². The van der Waals surface area contributed by atoms with Crippen LogP contribution < -0.4 is 9.47 Å². The van der Waals surface area contributed by atoms with Crippen LogP contribution in [-0.2, 0) is 11.2 Å². The van der Waals surface area contributed by atoms with E-state index in [-0.39, 0.29) is 0 Å². The zero-order valence-corrected chi connectivity index (χ0v) is 10.1. The largest absolute Gasteiger partial charge is 0.490 e. The minimum atomic E-state index is -0.913. The van der Waals surface area contributed by atoms with Gasteiger partial charge in [-0.3, -0.25) is 0 Å². The van der Waals surface area contributed by atoms with E-state index in [9.17, 15) is 4.79 Å². The lowest BCUT2D eigenvalue weighted by molar-refractivity contribution is -0.144. The van der Waals surface area contributed by atoms with E-state index in [0.29, 0.717) is 18.3 Å². The zero-order chi connectivity index (χ0) is 12.5. The van der Waals surface area contributed by atoms with Gasteiger partial charge in [-0.25, -0.2) is 4.79 Å². The van der Waals surface area contributed by atoms with Crippen LogP contribution in [0.15, 0.2) is 18.2 Å². The lowest BCUT2D eigenvalue weighted by Crippen LogP contribution is -2.24. The van der Waals surface area contributed by atoms with Gasteiger partial charge >= 0.3 is 5.97 Å². The molecule has 0 aromatic heterocycles. The Hall–Kier alpha value is -1.71. The van der Waals surface area contributed by atoms with E-state index in [0.717, 1.165) is 24.2 Å². The Balaban J connectivity index is 1.72. The van der Waals surface area contributed by atoms with E-state index in [2.05, 4.69) is 0 Å². The first kappa shape index (κ1) is 11.4. The van der Waals surface area contributed by atoms with Gasteiger partial charge in [0.15, 0.2) is 6.10 Å². The van der Waals surface area contributed by atoms with Gasteiger partial charge in [-0.15, -0.1) is 0 Å². The molecule has 1 N–H and O–H groups in total. The van der Waals surface area contributed by atoms with Crippen LogP contribution in [0.2, 0.25) is 0 Å². The molecular formula is C14H16O4. The molecule has 18 heavy (non-hydrogen) atoms. The van der Waals surface area contributed by atoms with E-state index in [1.165, 1.54) is 12.8 Å². The van der Waals surface area contributed by atoms with Crippen molar-refractivity contribution in [2.45, 2.75) is 44.3 Å². The van der Waals surface area contributed by atoms with Crippen LogP contribution in [0.1, 0.15) is 31.2 Å². The Morgan fingerprint density at radius 2 is 2.11 bits per heavy atom. The van der Waals surface area contributed by atoms with Crippen LogP contribution in [0.3, 0.4) is 0 Å². The molecule has 3 rings (SSSR count). The minimum Gasteiger partial charge on any atom is -0.490 e. The first-order valence-corrected chi connectivity index (χ1v) is 6.41. The summed E-state index contributed by atoms with van der Waals surface area (Å²) in [7, 11) is 0. The summed E-state index contributed by atoms with van der Waals surface area (Å²) >= 11 is 0. The monoisotopic (exact) mass is 248 g/mol. The van der Waals surface area contributed by atoms with Crippen LogP contribution >= 0.6 is 0 Å². The summed E-state index contributed by atoms with van der Waals surface area (Å²) in [6.07, 6.45) is 4.67. The predicted octanol–water partition coefficient (Wildman–Crippen LogP) is 2.40. The number of carbonyl (C=O) groups is 1. The van der Waals surface area contributed by atoms with Crippen molar-refractivity contribution in [3.8, 4) is 11.5 Å². The van der Waals surface area contributed by atoms with Gasteiger partial charge in [-0.05, 0) is 37.3 Å². The maximum atomic E-state index is 10.9. The van der Waals surface area contributed by atoms with Crippen molar-refractivity contribution in [3.05, 3.63) is 23.8 Å². The molecule has 1 fully saturated rings. The highest BCUT2D eigenvalue weighted by Crippen LogP contribution is 2.34. The second kappa shape index (κ2) is 4.52. The third-order valence-corrected chi connectivity index (χ3v) is 3.59. The molecule has 1 aliphatic carbocycles. The molecule has 1 aromatic rings. The van der Waals surface area contributed by atoms with Gasteiger partial charge in [0.25, 0.3) is 0 Å². The van der Waals surface area contributed by atoms with E-state index >= 15 is 0 Å². The van der Waals surface area contributed by atoms with Crippen LogP contribution in [-0.4, -0.2) is 23.3 Å². The fourth-order valence-electron chi connectivity index (χ4n) is 2.62. The smallest absolute Gasteiger partial charge is 0.345 e. The van der Waals surface area contributed by atoms with Gasteiger partial charge in [0.1, 0.15) is 11.5 Å². The van der Waals surface area contributed by atoms with Crippen molar-refractivity contribution < 1.29 is 19.4 Å². The zero-order valence-electron chi connectivity index (χ0n) is 10.1. The molecule has 1 atom stereocenters. The molecule has 1 saturated carbocycles. The standard InChI is InChI=1S/C14H16O4/c15-14(16)13-7-9-5-6-11(8-12(9)18-13)17-10-3-1-2-4-10/h5-6,8,10,13H,1-4,7H2,(H,15,16). The number of rotatable bonds is 3. The lowest BCUT2D eigenvalue weighted by Gasteiger charge is -2.13. The molecule has 0 radical (unpaired) electrons. The first-order valence-electron chi connectivity index (χ1n) is 6.41. The van der Waals surface area contributed by atoms with E-state index in [4.69, 9.17) is 14.6 Å². The molecule has 1 aromatic carbocycles. The van der Waals surface area contributed by atoms with Gasteiger partial charge in [0.05, 0.1) is 6.10 Å². The number of carboxylic acids is 1. The Kier molecular flexibility index (Phi) is 2.86. The summed E-state index contributed by atoms with van der Waals surface area (Å²) in [5, 5.41) is 8.93. The molecule has 0 amide bonds. The van der Waals surface area contributed by atoms with E-state index < -0.39 is 12.1 Å². The number of benzene rings is 1. The predicted molar refractivity (Wildman–Crippen MR) is 65.1 cm³/mol. The fourth-order valence-corrected chi connectivity index (χ4v) is 2.62. The maximum absolute atomic E-state index is 10.9. The molecule has 1 heterocycles. The molecule has 0 spiro atoms. The number of aliphatic carboxylic acids is 1. The fraction of sp³-hybridized carbons (Fsp3) is 0.500. The van der Waals surface area contributed by atoms with Crippen molar-refractivity contribution in [2.24, 2.45) is 0 Å². The van der Waals surface area contributed by atoms with Crippen LogP contribution in [0.4, 0.5) is 0 Å². The van der Waals surface area contributed by atoms with Crippen LogP contribution in [0.25, 0.3) is 0 Å². The van der Waals surface area contributed by atoms with E-state index in [1.807, 2.05) is 18.2 Å². The molecule has 4 nitrogen and oxygen atoms in total. The average molecular weight is 248 g/mol. The quantitative estimate of drug-likeness (QED) is 0.892. The minimum absolute atomic E-state index is 0.305. The summed E-state index contributed by atoms with van der Waals surface area (Å²) in [5.74, 6) is 0.522. The Labute approximate surface area is 106 Å². The van der Waals surface area contributed by atoms with Crippen molar-refractivity contribution in [1.29, 1.82) is 0 Å². The number of hydrogen-bond donors (Lipinski definition) is 1. The van der Waals surface area contributed by atoms with Gasteiger partial charge in [-0.2, -0.15) is 0 Å². The number of carboxylic acid groups (broad SMARTS) is 1. The molecule has 4 heteroatoms. The summed E-state index contributed by atoms with van der Waals surface area (Å²) < 4.78 is 11.3. The normalized spacial score (nSPS) is 22.6. The second-order valence-corrected chi connectivity index (χ2v) is 4.94. The number of hydrogen-bond acceptors (Lipinski definition) is 3. The molecular weight excluding hydrogens is 232 g/mol. The van der Waals surface area contributed by atoms with Crippen molar-refractivity contribution >= 4 is 5.97 Å². The highest BCUT2D eigenvalue weighted by molar-refractivity contribution is 5.74. The van der Waals surface area contributed by atoms with Crippen molar-refractivity contribution in [2.75, 3.05) is 0 Å². The maximum Gasteiger partial charge on any atom is 0.345 e. The average Bonchev–Trinajstić information content (AvgIpc) is 2.96. The van der Waals surface area contributed by atoms with Crippen molar-refractivity contribution in [3.63, 3.8) is 0 Å². The SMILES string of the molecule is O=C(O)C1Cc2ccc(OC3CCCC3)cc2O1. The van der Waals surface area contributed by atoms with Gasteiger partial charge < -0.3 is 14.6 Å². The lowest BCUT2D eigenvalue weighted by atomic mass is 10.1. The summed E-state index contributed by atoms with van der Waals surface area (Å²) in [6, 6.07) is 5.63. The molecule has 2 aliphatic rings. The highest BCUT2D eigenvalue weighted by atomic mass is 16.5. The molecule has 1 unspecified atom stereocenters. The topological polar surface area (TPSA) is 55.8 Å². The number of ether oxygens (including phenoxy) is 2. The molecule has 0 saturated heterocycles. The Bertz CT molecular complexity index is 463. The molecule has 96 valence electrons. The second-order valence-electron chi connectivity index (χ2n) is 4.94. The Morgan fingerprint density at radius 1 is 1.33 bits per heavy atom. The summed E-state index contributed by atoms with van der Waals surface area (Å²) in [4.78, 5) is 10.9. The third kappa shape index (κ3) is 2.15. The summed E-state index contributed by atoms with van der Waals surface area (Å²) in [5.41, 5.74) is 0.946. The van der Waals surface area contributed by atoms with Gasteiger partial charge in [0, 0.05) is 12.5 Å². The Morgan fingerprint density at radius 3 is 2.83 bits per heavy atom. The van der Waals surface area contributed by atoms with Gasteiger partial charge in [-0.1, -0.05) is 6.07 Å². The highest BCUT2D eigenvalue weighted by Gasteiger charge is 2.29. The summed E-state index contributed by atoms with van der Waals surface area (Å²) in [6.45, 7) is 0. The van der Waals surface area contributed by atoms with Gasteiger partial charge in [0.2, 0.25) is 0 Å².